The van der Waals surface area contributed by atoms with Crippen molar-refractivity contribution >= 4 is 11.6 Å². The Hall–Kier alpha value is -2.43. The molecule has 0 fully saturated rings. The van der Waals surface area contributed by atoms with Gasteiger partial charge in [-0.3, -0.25) is 9.78 Å². The number of amides is 1. The molecule has 2 aromatic rings. The van der Waals surface area contributed by atoms with Gasteiger partial charge in [0.2, 0.25) is 0 Å². The van der Waals surface area contributed by atoms with Crippen molar-refractivity contribution in [3.05, 3.63) is 59.2 Å². The Morgan fingerprint density at radius 1 is 1.33 bits per heavy atom. The fourth-order valence-electron chi connectivity index (χ4n) is 2.07. The van der Waals surface area contributed by atoms with Gasteiger partial charge in [-0.1, -0.05) is 0 Å². The first kappa shape index (κ1) is 15.0. The first-order chi connectivity index (χ1) is 9.91. The Kier molecular flexibility index (Phi) is 4.21. The molecule has 5 heteroatoms. The maximum atomic E-state index is 13.7. The predicted molar refractivity (Wildman–Crippen MR) is 80.3 cm³/mol. The summed E-state index contributed by atoms with van der Waals surface area (Å²) in [5, 5.41) is 0. The van der Waals surface area contributed by atoms with E-state index >= 15 is 0 Å². The molecule has 4 nitrogen and oxygen atoms in total. The predicted octanol–water partition coefficient (Wildman–Crippen LogP) is 2.94. The second kappa shape index (κ2) is 5.91. The fraction of sp³-hybridized carbons (Fsp3) is 0.250. The molecule has 0 aliphatic heterocycles. The number of carbonyl (C=O) groups excluding carboxylic acids is 1. The highest BCUT2D eigenvalue weighted by Crippen LogP contribution is 2.23. The van der Waals surface area contributed by atoms with E-state index in [-0.39, 0.29) is 23.2 Å². The largest absolute Gasteiger partial charge is 0.398 e. The smallest absolute Gasteiger partial charge is 0.254 e. The molecular weight excluding hydrogens is 269 g/mol. The Balaban J connectivity index is 2.27. The Morgan fingerprint density at radius 2 is 1.95 bits per heavy atom. The molecule has 1 heterocycles. The molecule has 1 aromatic carbocycles. The number of hydrogen-bond acceptors (Lipinski definition) is 3. The van der Waals surface area contributed by atoms with Crippen LogP contribution in [0.2, 0.25) is 0 Å². The summed E-state index contributed by atoms with van der Waals surface area (Å²) in [5.41, 5.74) is 7.57. The van der Waals surface area contributed by atoms with E-state index < -0.39 is 5.82 Å². The molecule has 0 aliphatic rings. The molecule has 0 radical (unpaired) electrons. The maximum absolute atomic E-state index is 13.7. The number of nitrogens with zero attached hydrogens (tertiary/aromatic N) is 2. The van der Waals surface area contributed by atoms with Crippen LogP contribution in [0.5, 0.6) is 0 Å². The molecule has 1 atom stereocenters. The molecule has 1 unspecified atom stereocenters. The van der Waals surface area contributed by atoms with Gasteiger partial charge in [0.15, 0.2) is 0 Å². The van der Waals surface area contributed by atoms with Crippen molar-refractivity contribution in [1.82, 2.24) is 9.88 Å². The van der Waals surface area contributed by atoms with Crippen molar-refractivity contribution in [3.63, 3.8) is 0 Å². The van der Waals surface area contributed by atoms with Gasteiger partial charge < -0.3 is 10.6 Å². The molecule has 0 spiro atoms. The third-order valence-electron chi connectivity index (χ3n) is 3.72. The van der Waals surface area contributed by atoms with Gasteiger partial charge in [-0.05, 0) is 43.7 Å². The SMILES string of the molecule is Cc1c(N)cc(C(=O)N(C)C(C)c2ccncc2)cc1F. The van der Waals surface area contributed by atoms with E-state index in [9.17, 15) is 9.18 Å². The zero-order valence-electron chi connectivity index (χ0n) is 12.3. The molecule has 0 bridgehead atoms. The van der Waals surface area contributed by atoms with E-state index in [4.69, 9.17) is 5.73 Å². The average Bonchev–Trinajstić information content (AvgIpc) is 2.50. The lowest BCUT2D eigenvalue weighted by molar-refractivity contribution is 0.0742. The number of nitrogens with two attached hydrogens (primary N) is 1. The molecule has 0 saturated carbocycles. The minimum absolute atomic E-state index is 0.147. The van der Waals surface area contributed by atoms with Crippen molar-refractivity contribution in [2.45, 2.75) is 19.9 Å². The van der Waals surface area contributed by atoms with Crippen LogP contribution in [0.15, 0.2) is 36.7 Å². The molecule has 110 valence electrons. The number of anilines is 1. The Bertz CT molecular complexity index is 635. The second-order valence-corrected chi connectivity index (χ2v) is 5.04. The summed E-state index contributed by atoms with van der Waals surface area (Å²) in [4.78, 5) is 18.0. The van der Waals surface area contributed by atoms with Crippen LogP contribution in [0.3, 0.4) is 0 Å². The first-order valence-electron chi connectivity index (χ1n) is 6.64. The van der Waals surface area contributed by atoms with Gasteiger partial charge in [0, 0.05) is 36.3 Å². The third kappa shape index (κ3) is 3.02. The second-order valence-electron chi connectivity index (χ2n) is 5.04. The van der Waals surface area contributed by atoms with Crippen molar-refractivity contribution in [2.75, 3.05) is 12.8 Å². The molecule has 1 amide bonds. The molecule has 0 saturated heterocycles. The molecule has 1 aromatic heterocycles. The van der Waals surface area contributed by atoms with Crippen LogP contribution >= 0.6 is 0 Å². The number of hydrogen-bond donors (Lipinski definition) is 1. The summed E-state index contributed by atoms with van der Waals surface area (Å²) < 4.78 is 13.7. The molecular formula is C16H18FN3O. The van der Waals surface area contributed by atoms with Crippen LogP contribution in [-0.2, 0) is 0 Å². The van der Waals surface area contributed by atoms with Crippen LogP contribution in [0.25, 0.3) is 0 Å². The summed E-state index contributed by atoms with van der Waals surface area (Å²) in [6.07, 6.45) is 3.35. The van der Waals surface area contributed by atoms with Crippen LogP contribution in [0.4, 0.5) is 10.1 Å². The number of nitrogen functional groups attached to an aromatic ring is 1. The van der Waals surface area contributed by atoms with Gasteiger partial charge >= 0.3 is 0 Å². The number of carbonyl (C=O) groups is 1. The minimum Gasteiger partial charge on any atom is -0.398 e. The quantitative estimate of drug-likeness (QED) is 0.883. The van der Waals surface area contributed by atoms with Gasteiger partial charge in [0.25, 0.3) is 5.91 Å². The number of halogens is 1. The highest BCUT2D eigenvalue weighted by molar-refractivity contribution is 5.95. The standard InChI is InChI=1S/C16H18FN3O/c1-10-14(17)8-13(9-15(10)18)16(21)20(3)11(2)12-4-6-19-7-5-12/h4-9,11H,18H2,1-3H3. The van der Waals surface area contributed by atoms with Gasteiger partial charge in [0.05, 0.1) is 6.04 Å². The Morgan fingerprint density at radius 3 is 2.52 bits per heavy atom. The monoisotopic (exact) mass is 287 g/mol. The number of pyridine rings is 1. The molecule has 2 N–H and O–H groups in total. The van der Waals surface area contributed by atoms with E-state index in [0.29, 0.717) is 5.56 Å². The summed E-state index contributed by atoms with van der Waals surface area (Å²) in [6.45, 7) is 3.49. The van der Waals surface area contributed by atoms with Gasteiger partial charge in [-0.2, -0.15) is 0 Å². The van der Waals surface area contributed by atoms with Crippen LogP contribution in [-0.4, -0.2) is 22.8 Å². The molecule has 0 aliphatic carbocycles. The summed E-state index contributed by atoms with van der Waals surface area (Å²) >= 11 is 0. The van der Waals surface area contributed by atoms with Crippen molar-refractivity contribution < 1.29 is 9.18 Å². The van der Waals surface area contributed by atoms with E-state index in [0.717, 1.165) is 5.56 Å². The summed E-state index contributed by atoms with van der Waals surface area (Å²) in [7, 11) is 1.68. The van der Waals surface area contributed by atoms with E-state index in [2.05, 4.69) is 4.98 Å². The highest BCUT2D eigenvalue weighted by Gasteiger charge is 2.20. The van der Waals surface area contributed by atoms with Crippen molar-refractivity contribution in [2.24, 2.45) is 0 Å². The molecule has 21 heavy (non-hydrogen) atoms. The van der Waals surface area contributed by atoms with Crippen molar-refractivity contribution in [3.8, 4) is 0 Å². The number of benzene rings is 1. The zero-order chi connectivity index (χ0) is 15.6. The minimum atomic E-state index is -0.469. The lowest BCUT2D eigenvalue weighted by Gasteiger charge is -2.25. The van der Waals surface area contributed by atoms with E-state index in [1.165, 1.54) is 12.1 Å². The third-order valence-corrected chi connectivity index (χ3v) is 3.72. The topological polar surface area (TPSA) is 59.2 Å². The van der Waals surface area contributed by atoms with E-state index in [1.807, 2.05) is 19.1 Å². The lowest BCUT2D eigenvalue weighted by Crippen LogP contribution is -2.29. The van der Waals surface area contributed by atoms with E-state index in [1.54, 1.807) is 31.3 Å². The van der Waals surface area contributed by atoms with Gasteiger partial charge in [-0.15, -0.1) is 0 Å². The lowest BCUT2D eigenvalue weighted by atomic mass is 10.1. The average molecular weight is 287 g/mol. The van der Waals surface area contributed by atoms with Crippen molar-refractivity contribution in [1.29, 1.82) is 0 Å². The zero-order valence-corrected chi connectivity index (χ0v) is 12.3. The van der Waals surface area contributed by atoms with Crippen LogP contribution in [0, 0.1) is 12.7 Å². The highest BCUT2D eigenvalue weighted by atomic mass is 19.1. The van der Waals surface area contributed by atoms with Gasteiger partial charge in [-0.25, -0.2) is 4.39 Å². The maximum Gasteiger partial charge on any atom is 0.254 e. The molecule has 2 rings (SSSR count). The Labute approximate surface area is 123 Å². The normalized spacial score (nSPS) is 12.0. The summed E-state index contributed by atoms with van der Waals surface area (Å²) in [6, 6.07) is 6.28. The first-order valence-corrected chi connectivity index (χ1v) is 6.64. The fourth-order valence-corrected chi connectivity index (χ4v) is 2.07. The summed E-state index contributed by atoms with van der Waals surface area (Å²) in [5.74, 6) is -0.742. The number of rotatable bonds is 3. The van der Waals surface area contributed by atoms with Gasteiger partial charge in [0.1, 0.15) is 5.82 Å². The number of aromatic nitrogens is 1. The van der Waals surface area contributed by atoms with Crippen LogP contribution in [0.1, 0.15) is 34.5 Å². The van der Waals surface area contributed by atoms with Crippen LogP contribution < -0.4 is 5.73 Å².